The first kappa shape index (κ1) is 10.1. The maximum Gasteiger partial charge on any atom is 0.356 e. The van der Waals surface area contributed by atoms with E-state index in [1.807, 2.05) is 0 Å². The van der Waals surface area contributed by atoms with Gasteiger partial charge in [0, 0.05) is 12.1 Å². The lowest BCUT2D eigenvalue weighted by atomic mass is 10.4. The Morgan fingerprint density at radius 1 is 1.44 bits per heavy atom. The van der Waals surface area contributed by atoms with E-state index in [9.17, 15) is 4.79 Å². The van der Waals surface area contributed by atoms with Crippen LogP contribution in [0.5, 0.6) is 0 Å². The number of esters is 1. The average Bonchev–Trinajstić information content (AvgIpc) is 2.81. The van der Waals surface area contributed by atoms with Gasteiger partial charge in [-0.15, -0.1) is 0 Å². The fourth-order valence-electron chi connectivity index (χ4n) is 1.05. The molecule has 0 unspecified atom stereocenters. The smallest absolute Gasteiger partial charge is 0.356 e. The van der Waals surface area contributed by atoms with E-state index in [0.717, 1.165) is 0 Å². The van der Waals surface area contributed by atoms with Gasteiger partial charge in [-0.1, -0.05) is 5.16 Å². The van der Waals surface area contributed by atoms with E-state index in [2.05, 4.69) is 29.7 Å². The summed E-state index contributed by atoms with van der Waals surface area (Å²) in [5.74, 6) is 0.407. The highest BCUT2D eigenvalue weighted by Crippen LogP contribution is 2.11. The number of carbonyl (C=O) groups is 1. The van der Waals surface area contributed by atoms with Crippen molar-refractivity contribution in [3.63, 3.8) is 0 Å². The highest BCUT2D eigenvalue weighted by Gasteiger charge is 2.08. The quantitative estimate of drug-likeness (QED) is 0.771. The summed E-state index contributed by atoms with van der Waals surface area (Å²) >= 11 is 0. The van der Waals surface area contributed by atoms with Gasteiger partial charge in [-0.05, 0) is 0 Å². The number of rotatable bonds is 3. The molecule has 1 N–H and O–H groups in total. The van der Waals surface area contributed by atoms with E-state index in [-0.39, 0.29) is 5.69 Å². The van der Waals surface area contributed by atoms with Crippen LogP contribution in [-0.4, -0.2) is 28.2 Å². The Morgan fingerprint density at radius 3 is 3.00 bits per heavy atom. The van der Waals surface area contributed by atoms with Crippen LogP contribution in [0.2, 0.25) is 0 Å². The number of anilines is 2. The number of aromatic nitrogens is 3. The Kier molecular flexibility index (Phi) is 2.77. The fraction of sp³-hybridized carbons (Fsp3) is 0.111. The maximum absolute atomic E-state index is 11.2. The zero-order chi connectivity index (χ0) is 11.4. The van der Waals surface area contributed by atoms with E-state index in [0.29, 0.717) is 11.6 Å². The van der Waals surface area contributed by atoms with Gasteiger partial charge in [-0.25, -0.2) is 14.8 Å². The van der Waals surface area contributed by atoms with Crippen LogP contribution in [0.25, 0.3) is 0 Å². The van der Waals surface area contributed by atoms with E-state index in [1.165, 1.54) is 25.8 Å². The largest absolute Gasteiger partial charge is 0.464 e. The number of hydrogen-bond donors (Lipinski definition) is 1. The number of nitrogens with zero attached hydrogens (tertiary/aromatic N) is 3. The van der Waals surface area contributed by atoms with Crippen molar-refractivity contribution in [1.29, 1.82) is 0 Å². The molecule has 2 aromatic rings. The van der Waals surface area contributed by atoms with Crippen molar-refractivity contribution >= 4 is 17.6 Å². The number of methoxy groups -OCH3 is 1. The Bertz CT molecular complexity index is 483. The third-order valence-corrected chi connectivity index (χ3v) is 1.76. The van der Waals surface area contributed by atoms with Crippen LogP contribution in [0, 0.1) is 0 Å². The van der Waals surface area contributed by atoms with Crippen molar-refractivity contribution in [2.24, 2.45) is 0 Å². The highest BCUT2D eigenvalue weighted by molar-refractivity contribution is 5.87. The molecule has 7 heteroatoms. The SMILES string of the molecule is COC(=O)c1cc(Nc2ccon2)ncn1. The van der Waals surface area contributed by atoms with Crippen LogP contribution in [0.4, 0.5) is 11.6 Å². The first-order valence-corrected chi connectivity index (χ1v) is 4.37. The lowest BCUT2D eigenvalue weighted by Gasteiger charge is -2.02. The molecule has 0 aliphatic heterocycles. The highest BCUT2D eigenvalue weighted by atomic mass is 16.5. The van der Waals surface area contributed by atoms with Crippen molar-refractivity contribution in [3.8, 4) is 0 Å². The Morgan fingerprint density at radius 2 is 2.31 bits per heavy atom. The summed E-state index contributed by atoms with van der Waals surface area (Å²) in [6.45, 7) is 0. The molecular weight excluding hydrogens is 212 g/mol. The van der Waals surface area contributed by atoms with Gasteiger partial charge in [-0.2, -0.15) is 0 Å². The summed E-state index contributed by atoms with van der Waals surface area (Å²) in [4.78, 5) is 18.9. The predicted octanol–water partition coefficient (Wildman–Crippen LogP) is 0.995. The van der Waals surface area contributed by atoms with Crippen LogP contribution < -0.4 is 5.32 Å². The van der Waals surface area contributed by atoms with Gasteiger partial charge in [-0.3, -0.25) is 0 Å². The maximum atomic E-state index is 11.2. The van der Waals surface area contributed by atoms with Crippen molar-refractivity contribution in [1.82, 2.24) is 15.1 Å². The van der Waals surface area contributed by atoms with Gasteiger partial charge in [0.15, 0.2) is 11.5 Å². The van der Waals surface area contributed by atoms with Crippen LogP contribution in [0.15, 0.2) is 29.2 Å². The molecule has 0 spiro atoms. The summed E-state index contributed by atoms with van der Waals surface area (Å²) in [7, 11) is 1.29. The first-order valence-electron chi connectivity index (χ1n) is 4.37. The number of carbonyl (C=O) groups excluding carboxylic acids is 1. The van der Waals surface area contributed by atoms with Gasteiger partial charge >= 0.3 is 5.97 Å². The summed E-state index contributed by atoms with van der Waals surface area (Å²) in [5.41, 5.74) is 0.170. The average molecular weight is 220 g/mol. The lowest BCUT2D eigenvalue weighted by Crippen LogP contribution is -2.05. The van der Waals surface area contributed by atoms with Crippen molar-refractivity contribution in [3.05, 3.63) is 30.4 Å². The zero-order valence-electron chi connectivity index (χ0n) is 8.38. The summed E-state index contributed by atoms with van der Waals surface area (Å²) in [5, 5.41) is 6.48. The van der Waals surface area contributed by atoms with Gasteiger partial charge in [0.1, 0.15) is 18.4 Å². The Hall–Kier alpha value is -2.44. The van der Waals surface area contributed by atoms with Gasteiger partial charge in [0.05, 0.1) is 7.11 Å². The third-order valence-electron chi connectivity index (χ3n) is 1.76. The molecule has 0 amide bonds. The minimum absolute atomic E-state index is 0.170. The molecule has 82 valence electrons. The normalized spacial score (nSPS) is 9.81. The summed E-state index contributed by atoms with van der Waals surface area (Å²) in [6, 6.07) is 3.08. The summed E-state index contributed by atoms with van der Waals surface area (Å²) < 4.78 is 9.17. The monoisotopic (exact) mass is 220 g/mol. The third kappa shape index (κ3) is 2.14. The predicted molar refractivity (Wildman–Crippen MR) is 53.2 cm³/mol. The van der Waals surface area contributed by atoms with E-state index >= 15 is 0 Å². The Balaban J connectivity index is 2.19. The number of ether oxygens (including phenoxy) is 1. The van der Waals surface area contributed by atoms with Crippen molar-refractivity contribution < 1.29 is 14.1 Å². The molecule has 0 fully saturated rings. The molecule has 16 heavy (non-hydrogen) atoms. The molecule has 0 radical (unpaired) electrons. The van der Waals surface area contributed by atoms with Crippen LogP contribution in [0.3, 0.4) is 0 Å². The van der Waals surface area contributed by atoms with E-state index in [1.54, 1.807) is 6.07 Å². The van der Waals surface area contributed by atoms with E-state index in [4.69, 9.17) is 0 Å². The van der Waals surface area contributed by atoms with Gasteiger partial charge in [0.25, 0.3) is 0 Å². The Labute approximate surface area is 90.4 Å². The van der Waals surface area contributed by atoms with Crippen molar-refractivity contribution in [2.75, 3.05) is 12.4 Å². The second-order valence-electron chi connectivity index (χ2n) is 2.79. The van der Waals surface area contributed by atoms with Crippen molar-refractivity contribution in [2.45, 2.75) is 0 Å². The minimum atomic E-state index is -0.523. The number of hydrogen-bond acceptors (Lipinski definition) is 7. The molecule has 0 saturated carbocycles. The first-order chi connectivity index (χ1) is 7.79. The number of nitrogens with one attached hydrogen (secondary N) is 1. The molecule has 0 aliphatic carbocycles. The van der Waals surface area contributed by atoms with Gasteiger partial charge in [0.2, 0.25) is 0 Å². The molecule has 7 nitrogen and oxygen atoms in total. The molecule has 0 bridgehead atoms. The standard InChI is InChI=1S/C9H8N4O3/c1-15-9(14)6-4-8(11-5-10-6)12-7-2-3-16-13-7/h2-5H,1H3,(H,10,11,12,13). The molecule has 0 atom stereocenters. The van der Waals surface area contributed by atoms with Gasteiger partial charge < -0.3 is 14.6 Å². The van der Waals surface area contributed by atoms with E-state index < -0.39 is 5.97 Å². The second kappa shape index (κ2) is 4.39. The lowest BCUT2D eigenvalue weighted by molar-refractivity contribution is 0.0594. The molecular formula is C9H8N4O3. The van der Waals surface area contributed by atoms with Crippen LogP contribution >= 0.6 is 0 Å². The molecule has 2 aromatic heterocycles. The fourth-order valence-corrected chi connectivity index (χ4v) is 1.05. The molecule has 0 aromatic carbocycles. The second-order valence-corrected chi connectivity index (χ2v) is 2.79. The molecule has 2 heterocycles. The minimum Gasteiger partial charge on any atom is -0.464 e. The topological polar surface area (TPSA) is 90.1 Å². The van der Waals surface area contributed by atoms with Crippen LogP contribution in [-0.2, 0) is 4.74 Å². The van der Waals surface area contributed by atoms with Crippen LogP contribution in [0.1, 0.15) is 10.5 Å². The molecule has 2 rings (SSSR count). The molecule has 0 aliphatic rings. The zero-order valence-corrected chi connectivity index (χ0v) is 8.38. The summed E-state index contributed by atoms with van der Waals surface area (Å²) in [6.07, 6.45) is 2.68. The molecule has 0 saturated heterocycles.